The lowest BCUT2D eigenvalue weighted by molar-refractivity contribution is -0.191. The molecule has 0 amide bonds. The molecule has 0 radical (unpaired) electrons. The van der Waals surface area contributed by atoms with E-state index in [4.69, 9.17) is 31.9 Å². The van der Waals surface area contributed by atoms with Crippen LogP contribution < -0.4 is 0 Å². The summed E-state index contributed by atoms with van der Waals surface area (Å²) in [6.07, 6.45) is 1.26. The van der Waals surface area contributed by atoms with E-state index >= 15 is 0 Å². The summed E-state index contributed by atoms with van der Waals surface area (Å²) in [5, 5.41) is 0. The van der Waals surface area contributed by atoms with Gasteiger partial charge in [-0.25, -0.2) is 0 Å². The molecule has 0 aromatic rings. The van der Waals surface area contributed by atoms with E-state index in [1.54, 1.807) is 0 Å². The molecule has 0 atom stereocenters. The van der Waals surface area contributed by atoms with Crippen molar-refractivity contribution in [3.63, 3.8) is 0 Å². The number of hydrogen-bond donors (Lipinski definition) is 0. The average molecular weight is 216 g/mol. The highest BCUT2D eigenvalue weighted by atomic mass is 35.7. The maximum Gasteiger partial charge on any atom is 0.373 e. The van der Waals surface area contributed by atoms with Crippen LogP contribution in [-0.2, 0) is 9.59 Å². The lowest BCUT2D eigenvalue weighted by atomic mass is 10.5. The third-order valence-corrected chi connectivity index (χ3v) is 1.81. The number of rotatable bonds is 2. The first-order chi connectivity index (χ1) is 5.22. The van der Waals surface area contributed by atoms with Gasteiger partial charge in [-0.3, -0.25) is 4.99 Å². The van der Waals surface area contributed by atoms with Crippen LogP contribution in [0.25, 0.3) is 0 Å². The van der Waals surface area contributed by atoms with Crippen molar-refractivity contribution in [2.45, 2.75) is 13.3 Å². The van der Waals surface area contributed by atoms with E-state index in [-0.39, 0.29) is 6.15 Å². The molecule has 0 aliphatic heterocycles. The molecule has 6 heteroatoms. The van der Waals surface area contributed by atoms with E-state index in [1.807, 2.05) is 6.92 Å². The van der Waals surface area contributed by atoms with Gasteiger partial charge in [0.25, 0.3) is 0 Å². The standard InChI is InChI=1S/C4H7Cl2NS.CO2/c1-2-3-7-4(5)8-6;2-1-3/h2-3H2,1H3;. The zero-order valence-corrected chi connectivity index (χ0v) is 8.17. The van der Waals surface area contributed by atoms with Crippen molar-refractivity contribution in [1.82, 2.24) is 0 Å². The maximum atomic E-state index is 8.12. The molecular formula is C5H7Cl2NO2S. The third kappa shape index (κ3) is 17.8. The fourth-order valence-electron chi connectivity index (χ4n) is 0.224. The van der Waals surface area contributed by atoms with Gasteiger partial charge in [-0.05, 0) is 17.1 Å². The minimum atomic E-state index is 0.250. The second-order valence-electron chi connectivity index (χ2n) is 1.30. The minimum absolute atomic E-state index is 0.250. The zero-order valence-electron chi connectivity index (χ0n) is 5.84. The predicted molar refractivity (Wildman–Crippen MR) is 46.9 cm³/mol. The monoisotopic (exact) mass is 215 g/mol. The van der Waals surface area contributed by atoms with Gasteiger partial charge < -0.3 is 0 Å². The van der Waals surface area contributed by atoms with Crippen LogP contribution in [0.3, 0.4) is 0 Å². The van der Waals surface area contributed by atoms with Crippen molar-refractivity contribution in [1.29, 1.82) is 0 Å². The lowest BCUT2D eigenvalue weighted by Gasteiger charge is -1.86. The second kappa shape index (κ2) is 12.6. The van der Waals surface area contributed by atoms with Gasteiger partial charge in [-0.1, -0.05) is 18.5 Å². The number of aliphatic imine (C=N–C) groups is 1. The molecule has 0 aromatic heterocycles. The molecule has 0 saturated carbocycles. The second-order valence-corrected chi connectivity index (χ2v) is 2.88. The molecule has 0 aliphatic carbocycles. The highest BCUT2D eigenvalue weighted by Gasteiger charge is 1.87. The molecule has 0 rings (SSSR count). The Morgan fingerprint density at radius 3 is 2.36 bits per heavy atom. The smallest absolute Gasteiger partial charge is 0.266 e. The Labute approximate surface area is 78.7 Å². The highest BCUT2D eigenvalue weighted by molar-refractivity contribution is 8.34. The molecule has 0 fully saturated rings. The molecule has 0 aliphatic rings. The first-order valence-corrected chi connectivity index (χ1v) is 4.72. The molecule has 0 unspecified atom stereocenters. The van der Waals surface area contributed by atoms with E-state index in [1.165, 1.54) is 0 Å². The Hall–Kier alpha value is -0.0200. The van der Waals surface area contributed by atoms with Crippen LogP contribution in [0.2, 0.25) is 0 Å². The summed E-state index contributed by atoms with van der Waals surface area (Å²) in [5.41, 5.74) is 0. The lowest BCUT2D eigenvalue weighted by Crippen LogP contribution is -1.78. The molecule has 0 aromatic carbocycles. The third-order valence-electron chi connectivity index (χ3n) is 0.523. The predicted octanol–water partition coefficient (Wildman–Crippen LogP) is 2.29. The quantitative estimate of drug-likeness (QED) is 0.525. The maximum absolute atomic E-state index is 8.12. The molecule has 0 N–H and O–H groups in total. The highest BCUT2D eigenvalue weighted by Crippen LogP contribution is 2.12. The van der Waals surface area contributed by atoms with Gasteiger partial charge in [-0.15, -0.1) is 0 Å². The summed E-state index contributed by atoms with van der Waals surface area (Å²) in [4.78, 5) is 20.1. The van der Waals surface area contributed by atoms with Crippen LogP contribution in [0.4, 0.5) is 0 Å². The fourth-order valence-corrected chi connectivity index (χ4v) is 0.595. The van der Waals surface area contributed by atoms with Crippen LogP contribution in [0, 0.1) is 0 Å². The van der Waals surface area contributed by atoms with Gasteiger partial charge in [-0.2, -0.15) is 9.59 Å². The van der Waals surface area contributed by atoms with Gasteiger partial charge >= 0.3 is 6.15 Å². The Morgan fingerprint density at radius 2 is 2.09 bits per heavy atom. The molecule has 0 spiro atoms. The topological polar surface area (TPSA) is 46.5 Å². The van der Waals surface area contributed by atoms with Crippen LogP contribution >= 0.6 is 33.3 Å². The zero-order chi connectivity index (χ0) is 9.11. The van der Waals surface area contributed by atoms with Crippen molar-refractivity contribution in [2.24, 2.45) is 4.99 Å². The summed E-state index contributed by atoms with van der Waals surface area (Å²) in [7, 11) is 6.19. The number of carbonyl (C=O) groups excluding carboxylic acids is 2. The molecular weight excluding hydrogens is 209 g/mol. The minimum Gasteiger partial charge on any atom is -0.266 e. The largest absolute Gasteiger partial charge is 0.373 e. The summed E-state index contributed by atoms with van der Waals surface area (Å²) in [5.74, 6) is 0. The molecule has 0 saturated heterocycles. The summed E-state index contributed by atoms with van der Waals surface area (Å²) in [6, 6.07) is 0. The molecule has 11 heavy (non-hydrogen) atoms. The van der Waals surface area contributed by atoms with Gasteiger partial charge in [0.1, 0.15) is 0 Å². The summed E-state index contributed by atoms with van der Waals surface area (Å²) < 4.78 is 0.425. The molecule has 64 valence electrons. The SMILES string of the molecule is CCCN=C(Cl)SCl.O=C=O. The van der Waals surface area contributed by atoms with Crippen LogP contribution in [0.5, 0.6) is 0 Å². The molecule has 3 nitrogen and oxygen atoms in total. The average Bonchev–Trinajstić information content (AvgIpc) is 2.02. The number of hydrogen-bond acceptors (Lipinski definition) is 4. The first-order valence-electron chi connectivity index (χ1n) is 2.70. The van der Waals surface area contributed by atoms with E-state index in [0.29, 0.717) is 4.50 Å². The van der Waals surface area contributed by atoms with Gasteiger partial charge in [0.15, 0.2) is 4.50 Å². The number of nitrogens with zero attached hydrogens (tertiary/aromatic N) is 1. The van der Waals surface area contributed by atoms with Crippen molar-refractivity contribution in [3.05, 3.63) is 0 Å². The fraction of sp³-hybridized carbons (Fsp3) is 0.600. The van der Waals surface area contributed by atoms with E-state index in [9.17, 15) is 0 Å². The van der Waals surface area contributed by atoms with Gasteiger partial charge in [0.05, 0.1) is 0 Å². The Balaban J connectivity index is 0. The Bertz CT molecular complexity index is 145. The van der Waals surface area contributed by atoms with Crippen molar-refractivity contribution >= 4 is 43.9 Å². The van der Waals surface area contributed by atoms with E-state index in [0.717, 1.165) is 23.9 Å². The van der Waals surface area contributed by atoms with Crippen molar-refractivity contribution < 1.29 is 9.59 Å². The summed E-state index contributed by atoms with van der Waals surface area (Å²) >= 11 is 5.43. The molecule has 0 heterocycles. The van der Waals surface area contributed by atoms with Crippen LogP contribution in [-0.4, -0.2) is 17.2 Å². The normalized spacial score (nSPS) is 9.55. The van der Waals surface area contributed by atoms with Gasteiger partial charge in [0.2, 0.25) is 0 Å². The summed E-state index contributed by atoms with van der Waals surface area (Å²) in [6.45, 7) is 2.80. The van der Waals surface area contributed by atoms with Crippen molar-refractivity contribution in [3.8, 4) is 0 Å². The van der Waals surface area contributed by atoms with Crippen LogP contribution in [0.1, 0.15) is 13.3 Å². The molecule has 0 bridgehead atoms. The first kappa shape index (κ1) is 13.6. The van der Waals surface area contributed by atoms with Crippen molar-refractivity contribution in [2.75, 3.05) is 6.54 Å². The van der Waals surface area contributed by atoms with E-state index < -0.39 is 0 Å². The van der Waals surface area contributed by atoms with Crippen LogP contribution in [0.15, 0.2) is 4.99 Å². The Morgan fingerprint density at radius 1 is 1.64 bits per heavy atom. The van der Waals surface area contributed by atoms with E-state index in [2.05, 4.69) is 4.99 Å². The van der Waals surface area contributed by atoms with Gasteiger partial charge in [0, 0.05) is 17.5 Å². The number of halogens is 2. The Kier molecular flexibility index (Phi) is 15.6.